The van der Waals surface area contributed by atoms with Crippen LogP contribution in [-0.4, -0.2) is 25.0 Å². The van der Waals surface area contributed by atoms with Crippen LogP contribution in [0, 0.1) is 5.82 Å². The average molecular weight is 276 g/mol. The number of hydrogen-bond acceptors (Lipinski definition) is 2. The summed E-state index contributed by atoms with van der Waals surface area (Å²) in [6.45, 7) is 1.93. The minimum Gasteiger partial charge on any atom is -0.353 e. The number of carbonyl (C=O) groups excluding carboxylic acids is 1. The molecule has 0 unspecified atom stereocenters. The second-order valence-corrected chi connectivity index (χ2v) is 5.94. The summed E-state index contributed by atoms with van der Waals surface area (Å²) in [5.74, 6) is -0.121. The third-order valence-corrected chi connectivity index (χ3v) is 4.71. The summed E-state index contributed by atoms with van der Waals surface area (Å²) in [6.07, 6.45) is 4.79. The van der Waals surface area contributed by atoms with Crippen molar-refractivity contribution in [2.45, 2.75) is 43.6 Å². The van der Waals surface area contributed by atoms with Crippen LogP contribution in [0.3, 0.4) is 0 Å². The molecular formula is C16H21FN2O. The van der Waals surface area contributed by atoms with Crippen LogP contribution in [0.5, 0.6) is 0 Å². The van der Waals surface area contributed by atoms with Crippen LogP contribution in [0.4, 0.5) is 4.39 Å². The third kappa shape index (κ3) is 2.44. The van der Waals surface area contributed by atoms with Gasteiger partial charge in [0.1, 0.15) is 5.82 Å². The minimum absolute atomic E-state index is 0.127. The molecule has 0 radical (unpaired) electrons. The fraction of sp³-hybridized carbons (Fsp3) is 0.562. The van der Waals surface area contributed by atoms with E-state index < -0.39 is 5.41 Å². The Bertz CT molecular complexity index is 476. The number of piperidine rings is 1. The number of hydrogen-bond donors (Lipinski definition) is 2. The molecule has 108 valence electrons. The van der Waals surface area contributed by atoms with Gasteiger partial charge >= 0.3 is 0 Å². The van der Waals surface area contributed by atoms with E-state index in [0.29, 0.717) is 0 Å². The van der Waals surface area contributed by atoms with E-state index in [4.69, 9.17) is 0 Å². The topological polar surface area (TPSA) is 41.1 Å². The smallest absolute Gasteiger partial charge is 0.230 e. The standard InChI is InChI=1S/C16H21FN2O/c17-13-4-2-12(3-5-13)16(8-1-9-16)15(20)19-14-6-10-18-11-7-14/h2-5,14,18H,1,6-11H2,(H,19,20). The molecule has 3 rings (SSSR count). The lowest BCUT2D eigenvalue weighted by Crippen LogP contribution is -2.53. The Morgan fingerprint density at radius 2 is 1.85 bits per heavy atom. The van der Waals surface area contributed by atoms with Crippen molar-refractivity contribution in [3.05, 3.63) is 35.6 Å². The van der Waals surface area contributed by atoms with E-state index in [1.54, 1.807) is 12.1 Å². The Balaban J connectivity index is 1.74. The predicted molar refractivity (Wildman–Crippen MR) is 76.0 cm³/mol. The van der Waals surface area contributed by atoms with Crippen molar-refractivity contribution in [2.75, 3.05) is 13.1 Å². The Morgan fingerprint density at radius 3 is 2.40 bits per heavy atom. The van der Waals surface area contributed by atoms with Gasteiger partial charge in [0.25, 0.3) is 0 Å². The maximum Gasteiger partial charge on any atom is 0.230 e. The maximum atomic E-state index is 13.1. The molecule has 0 atom stereocenters. The van der Waals surface area contributed by atoms with Crippen molar-refractivity contribution in [1.29, 1.82) is 0 Å². The molecule has 0 aromatic heterocycles. The SMILES string of the molecule is O=C(NC1CCNCC1)C1(c2ccc(F)cc2)CCC1. The van der Waals surface area contributed by atoms with Gasteiger partial charge in [-0.15, -0.1) is 0 Å². The minimum atomic E-state index is -0.418. The molecule has 1 aromatic carbocycles. The summed E-state index contributed by atoms with van der Waals surface area (Å²) >= 11 is 0. The first-order chi connectivity index (χ1) is 9.71. The van der Waals surface area contributed by atoms with E-state index in [1.807, 2.05) is 0 Å². The van der Waals surface area contributed by atoms with Crippen molar-refractivity contribution in [3.8, 4) is 0 Å². The van der Waals surface area contributed by atoms with Gasteiger partial charge in [0, 0.05) is 6.04 Å². The van der Waals surface area contributed by atoms with Gasteiger partial charge < -0.3 is 10.6 Å². The first kappa shape index (κ1) is 13.6. The summed E-state index contributed by atoms with van der Waals surface area (Å²) in [6, 6.07) is 6.70. The zero-order valence-electron chi connectivity index (χ0n) is 11.6. The van der Waals surface area contributed by atoms with Gasteiger partial charge in [-0.2, -0.15) is 0 Å². The molecule has 1 amide bonds. The zero-order chi connectivity index (χ0) is 14.0. The quantitative estimate of drug-likeness (QED) is 0.888. The largest absolute Gasteiger partial charge is 0.353 e. The zero-order valence-corrected chi connectivity index (χ0v) is 11.6. The number of rotatable bonds is 3. The predicted octanol–water partition coefficient (Wildman–Crippen LogP) is 2.12. The van der Waals surface area contributed by atoms with Crippen LogP contribution in [-0.2, 0) is 10.2 Å². The first-order valence-corrected chi connectivity index (χ1v) is 7.48. The van der Waals surface area contributed by atoms with Crippen molar-refractivity contribution in [2.24, 2.45) is 0 Å². The second-order valence-electron chi connectivity index (χ2n) is 5.94. The fourth-order valence-corrected chi connectivity index (χ4v) is 3.24. The molecule has 0 bridgehead atoms. The Morgan fingerprint density at radius 1 is 1.20 bits per heavy atom. The molecule has 2 fully saturated rings. The van der Waals surface area contributed by atoms with E-state index in [2.05, 4.69) is 10.6 Å². The average Bonchev–Trinajstić information content (AvgIpc) is 2.41. The van der Waals surface area contributed by atoms with E-state index in [9.17, 15) is 9.18 Å². The van der Waals surface area contributed by atoms with Crippen molar-refractivity contribution in [3.63, 3.8) is 0 Å². The van der Waals surface area contributed by atoms with Crippen LogP contribution in [0.1, 0.15) is 37.7 Å². The molecule has 1 aliphatic heterocycles. The molecule has 1 heterocycles. The number of amides is 1. The Kier molecular flexibility index (Phi) is 3.74. The highest BCUT2D eigenvalue weighted by Gasteiger charge is 2.46. The van der Waals surface area contributed by atoms with Crippen LogP contribution in [0.15, 0.2) is 24.3 Å². The van der Waals surface area contributed by atoms with Crippen molar-refractivity contribution >= 4 is 5.91 Å². The molecule has 0 spiro atoms. The Labute approximate surface area is 118 Å². The van der Waals surface area contributed by atoms with Gasteiger partial charge in [0.15, 0.2) is 0 Å². The van der Waals surface area contributed by atoms with Gasteiger partial charge in [0.2, 0.25) is 5.91 Å². The number of halogens is 1. The maximum absolute atomic E-state index is 13.1. The fourth-order valence-electron chi connectivity index (χ4n) is 3.24. The normalized spacial score (nSPS) is 22.1. The van der Waals surface area contributed by atoms with Gasteiger partial charge in [-0.25, -0.2) is 4.39 Å². The van der Waals surface area contributed by atoms with Gasteiger partial charge in [-0.05, 0) is 56.5 Å². The number of benzene rings is 1. The highest BCUT2D eigenvalue weighted by Crippen LogP contribution is 2.44. The Hall–Kier alpha value is -1.42. The van der Waals surface area contributed by atoms with Gasteiger partial charge in [-0.3, -0.25) is 4.79 Å². The lowest BCUT2D eigenvalue weighted by atomic mass is 9.63. The summed E-state index contributed by atoms with van der Waals surface area (Å²) < 4.78 is 13.1. The summed E-state index contributed by atoms with van der Waals surface area (Å²) in [7, 11) is 0. The molecule has 1 saturated heterocycles. The summed E-state index contributed by atoms with van der Waals surface area (Å²) in [5, 5.41) is 6.50. The molecular weight excluding hydrogens is 255 g/mol. The van der Waals surface area contributed by atoms with E-state index in [1.165, 1.54) is 12.1 Å². The molecule has 1 aromatic rings. The first-order valence-electron chi connectivity index (χ1n) is 7.48. The van der Waals surface area contributed by atoms with Crippen molar-refractivity contribution < 1.29 is 9.18 Å². The molecule has 2 aliphatic rings. The summed E-state index contributed by atoms with van der Waals surface area (Å²) in [5.41, 5.74) is 0.537. The summed E-state index contributed by atoms with van der Waals surface area (Å²) in [4.78, 5) is 12.7. The van der Waals surface area contributed by atoms with Crippen LogP contribution in [0.25, 0.3) is 0 Å². The third-order valence-electron chi connectivity index (χ3n) is 4.71. The van der Waals surface area contributed by atoms with E-state index in [-0.39, 0.29) is 17.8 Å². The highest BCUT2D eigenvalue weighted by atomic mass is 19.1. The lowest BCUT2D eigenvalue weighted by molar-refractivity contribution is -0.130. The molecule has 4 heteroatoms. The van der Waals surface area contributed by atoms with Crippen LogP contribution in [0.2, 0.25) is 0 Å². The van der Waals surface area contributed by atoms with Crippen LogP contribution < -0.4 is 10.6 Å². The van der Waals surface area contributed by atoms with Crippen LogP contribution >= 0.6 is 0 Å². The van der Waals surface area contributed by atoms with Gasteiger partial charge in [-0.1, -0.05) is 18.6 Å². The highest BCUT2D eigenvalue weighted by molar-refractivity contribution is 5.89. The molecule has 3 nitrogen and oxygen atoms in total. The molecule has 2 N–H and O–H groups in total. The molecule has 20 heavy (non-hydrogen) atoms. The molecule has 1 aliphatic carbocycles. The lowest BCUT2D eigenvalue weighted by Gasteiger charge is -2.42. The number of carbonyl (C=O) groups is 1. The van der Waals surface area contributed by atoms with E-state index >= 15 is 0 Å². The molecule has 1 saturated carbocycles. The van der Waals surface area contributed by atoms with Gasteiger partial charge in [0.05, 0.1) is 5.41 Å². The number of nitrogens with one attached hydrogen (secondary N) is 2. The van der Waals surface area contributed by atoms with E-state index in [0.717, 1.165) is 50.8 Å². The van der Waals surface area contributed by atoms with Crippen molar-refractivity contribution in [1.82, 2.24) is 10.6 Å². The monoisotopic (exact) mass is 276 g/mol. The second kappa shape index (κ2) is 5.52.